The standard InChI is InChI=1S/C28H37N3O2/c1-18-13-14-20(3)24(15-18)31-26(29-23-12-10-9-11-22(23)27(31)33)21(4)30(8)25(32)16-19(2)17-28(5,6)7/h9-15,19,21H,16-17H2,1-8H3. The van der Waals surface area contributed by atoms with E-state index >= 15 is 0 Å². The van der Waals surface area contributed by atoms with Crippen molar-refractivity contribution in [1.82, 2.24) is 14.5 Å². The highest BCUT2D eigenvalue weighted by atomic mass is 16.2. The first-order chi connectivity index (χ1) is 15.4. The van der Waals surface area contributed by atoms with Crippen LogP contribution in [0.15, 0.2) is 47.3 Å². The maximum atomic E-state index is 13.7. The van der Waals surface area contributed by atoms with Crippen LogP contribution in [-0.4, -0.2) is 27.4 Å². The third kappa shape index (κ3) is 5.52. The van der Waals surface area contributed by atoms with Crippen molar-refractivity contribution >= 4 is 16.8 Å². The van der Waals surface area contributed by atoms with Gasteiger partial charge in [-0.2, -0.15) is 0 Å². The molecule has 5 nitrogen and oxygen atoms in total. The third-order valence-corrected chi connectivity index (χ3v) is 6.24. The molecule has 33 heavy (non-hydrogen) atoms. The molecule has 0 radical (unpaired) electrons. The summed E-state index contributed by atoms with van der Waals surface area (Å²) in [7, 11) is 1.81. The van der Waals surface area contributed by atoms with Crippen LogP contribution in [0.2, 0.25) is 0 Å². The Balaban J connectivity index is 2.08. The van der Waals surface area contributed by atoms with E-state index in [1.54, 1.807) is 9.47 Å². The molecule has 1 aromatic heterocycles. The number of carbonyl (C=O) groups excluding carboxylic acids is 1. The van der Waals surface area contributed by atoms with Crippen LogP contribution in [0.25, 0.3) is 16.6 Å². The molecule has 0 fully saturated rings. The van der Waals surface area contributed by atoms with Crippen LogP contribution in [0.1, 0.15) is 70.5 Å². The summed E-state index contributed by atoms with van der Waals surface area (Å²) >= 11 is 0. The summed E-state index contributed by atoms with van der Waals surface area (Å²) in [4.78, 5) is 33.5. The van der Waals surface area contributed by atoms with Gasteiger partial charge in [0.15, 0.2) is 0 Å². The van der Waals surface area contributed by atoms with E-state index in [9.17, 15) is 9.59 Å². The number of rotatable bonds is 6. The van der Waals surface area contributed by atoms with Crippen LogP contribution in [0.5, 0.6) is 0 Å². The Labute approximate surface area is 197 Å². The molecule has 3 aromatic rings. The molecule has 3 rings (SSSR count). The number of carbonyl (C=O) groups is 1. The number of benzene rings is 2. The van der Waals surface area contributed by atoms with E-state index in [4.69, 9.17) is 4.98 Å². The van der Waals surface area contributed by atoms with Gasteiger partial charge >= 0.3 is 0 Å². The normalized spacial score (nSPS) is 13.7. The number of hydrogen-bond donors (Lipinski definition) is 0. The molecule has 176 valence electrons. The Morgan fingerprint density at radius 3 is 2.42 bits per heavy atom. The van der Waals surface area contributed by atoms with Gasteiger partial charge < -0.3 is 4.90 Å². The van der Waals surface area contributed by atoms with Gasteiger partial charge in [0.1, 0.15) is 5.82 Å². The van der Waals surface area contributed by atoms with Crippen molar-refractivity contribution in [2.24, 2.45) is 11.3 Å². The fraction of sp³-hybridized carbons (Fsp3) is 0.464. The van der Waals surface area contributed by atoms with Crippen LogP contribution in [0.4, 0.5) is 0 Å². The quantitative estimate of drug-likeness (QED) is 0.467. The smallest absolute Gasteiger partial charge is 0.266 e. The molecule has 2 aromatic carbocycles. The predicted octanol–water partition coefficient (Wildman–Crippen LogP) is 5.98. The molecule has 5 heteroatoms. The van der Waals surface area contributed by atoms with Gasteiger partial charge in [-0.25, -0.2) is 4.98 Å². The first-order valence-corrected chi connectivity index (χ1v) is 11.7. The van der Waals surface area contributed by atoms with Gasteiger partial charge in [0, 0.05) is 13.5 Å². The summed E-state index contributed by atoms with van der Waals surface area (Å²) in [6.07, 6.45) is 1.45. The van der Waals surface area contributed by atoms with Crippen molar-refractivity contribution in [3.8, 4) is 5.69 Å². The van der Waals surface area contributed by atoms with Crippen LogP contribution in [0, 0.1) is 25.2 Å². The number of para-hydroxylation sites is 1. The van der Waals surface area contributed by atoms with E-state index in [1.807, 2.05) is 70.3 Å². The average molecular weight is 448 g/mol. The second-order valence-electron chi connectivity index (χ2n) is 10.7. The van der Waals surface area contributed by atoms with E-state index in [1.165, 1.54) is 0 Å². The Hall–Kier alpha value is -2.95. The van der Waals surface area contributed by atoms with Gasteiger partial charge in [-0.15, -0.1) is 0 Å². The molecule has 1 amide bonds. The zero-order chi connectivity index (χ0) is 24.5. The molecule has 1 heterocycles. The van der Waals surface area contributed by atoms with Gasteiger partial charge in [-0.3, -0.25) is 14.2 Å². The lowest BCUT2D eigenvalue weighted by Gasteiger charge is -2.29. The molecular formula is C28H37N3O2. The molecule has 0 bridgehead atoms. The van der Waals surface area contributed by atoms with Crippen molar-refractivity contribution in [3.05, 3.63) is 69.8 Å². The van der Waals surface area contributed by atoms with Crippen molar-refractivity contribution in [3.63, 3.8) is 0 Å². The first-order valence-electron chi connectivity index (χ1n) is 11.7. The summed E-state index contributed by atoms with van der Waals surface area (Å²) in [6, 6.07) is 13.1. The molecule has 0 aliphatic carbocycles. The maximum absolute atomic E-state index is 13.7. The second kappa shape index (κ2) is 9.50. The highest BCUT2D eigenvalue weighted by Crippen LogP contribution is 2.28. The first kappa shape index (κ1) is 24.7. The summed E-state index contributed by atoms with van der Waals surface area (Å²) in [5.74, 6) is 0.916. The molecule has 0 aliphatic rings. The predicted molar refractivity (Wildman–Crippen MR) is 136 cm³/mol. The summed E-state index contributed by atoms with van der Waals surface area (Å²) in [5, 5.41) is 0.571. The number of fused-ring (bicyclic) bond motifs is 1. The zero-order valence-electron chi connectivity index (χ0n) is 21.3. The Morgan fingerprint density at radius 1 is 1.09 bits per heavy atom. The van der Waals surface area contributed by atoms with Crippen molar-refractivity contribution in [2.75, 3.05) is 7.05 Å². The van der Waals surface area contributed by atoms with E-state index < -0.39 is 0 Å². The fourth-order valence-electron chi connectivity index (χ4n) is 4.57. The van der Waals surface area contributed by atoms with Crippen molar-refractivity contribution in [1.29, 1.82) is 0 Å². The molecule has 0 aliphatic heterocycles. The monoisotopic (exact) mass is 447 g/mol. The molecule has 0 saturated heterocycles. The molecular weight excluding hydrogens is 410 g/mol. The highest BCUT2D eigenvalue weighted by molar-refractivity contribution is 5.79. The largest absolute Gasteiger partial charge is 0.336 e. The lowest BCUT2D eigenvalue weighted by Crippen LogP contribution is -2.35. The summed E-state index contributed by atoms with van der Waals surface area (Å²) < 4.78 is 1.69. The van der Waals surface area contributed by atoms with E-state index in [0.29, 0.717) is 23.1 Å². The lowest BCUT2D eigenvalue weighted by molar-refractivity contribution is -0.133. The van der Waals surface area contributed by atoms with Crippen molar-refractivity contribution < 1.29 is 4.79 Å². The minimum absolute atomic E-state index is 0.0640. The van der Waals surface area contributed by atoms with E-state index in [0.717, 1.165) is 23.2 Å². The van der Waals surface area contributed by atoms with Gasteiger partial charge in [0.25, 0.3) is 5.56 Å². The van der Waals surface area contributed by atoms with Gasteiger partial charge in [0.05, 0.1) is 22.6 Å². The zero-order valence-corrected chi connectivity index (χ0v) is 21.3. The SMILES string of the molecule is Cc1ccc(C)c(-n2c(C(C)N(C)C(=O)CC(C)CC(C)(C)C)nc3ccccc3c2=O)c1. The molecule has 2 atom stereocenters. The van der Waals surface area contributed by atoms with Crippen LogP contribution in [-0.2, 0) is 4.79 Å². The third-order valence-electron chi connectivity index (χ3n) is 6.24. The Kier molecular flexibility index (Phi) is 7.11. The van der Waals surface area contributed by atoms with E-state index in [2.05, 4.69) is 27.7 Å². The number of aromatic nitrogens is 2. The van der Waals surface area contributed by atoms with Crippen LogP contribution < -0.4 is 5.56 Å². The number of hydrogen-bond acceptors (Lipinski definition) is 3. The van der Waals surface area contributed by atoms with Crippen molar-refractivity contribution in [2.45, 2.75) is 67.3 Å². The second-order valence-corrected chi connectivity index (χ2v) is 10.7. The highest BCUT2D eigenvalue weighted by Gasteiger charge is 2.26. The Bertz CT molecular complexity index is 1220. The summed E-state index contributed by atoms with van der Waals surface area (Å²) in [6.45, 7) is 14.7. The Morgan fingerprint density at radius 2 is 1.76 bits per heavy atom. The van der Waals surface area contributed by atoms with Crippen LogP contribution in [0.3, 0.4) is 0 Å². The van der Waals surface area contributed by atoms with E-state index in [-0.39, 0.29) is 28.8 Å². The van der Waals surface area contributed by atoms with Gasteiger partial charge in [0.2, 0.25) is 5.91 Å². The average Bonchev–Trinajstić information content (AvgIpc) is 2.73. The number of aryl methyl sites for hydroxylation is 2. The minimum Gasteiger partial charge on any atom is -0.336 e. The minimum atomic E-state index is -0.364. The summed E-state index contributed by atoms with van der Waals surface area (Å²) in [5.41, 5.74) is 3.57. The number of amides is 1. The van der Waals surface area contributed by atoms with Gasteiger partial charge in [-0.1, -0.05) is 52.0 Å². The molecule has 0 N–H and O–H groups in total. The van der Waals surface area contributed by atoms with Gasteiger partial charge in [-0.05, 0) is 67.9 Å². The molecule has 2 unspecified atom stereocenters. The van der Waals surface area contributed by atoms with Crippen LogP contribution >= 0.6 is 0 Å². The molecule has 0 spiro atoms. The maximum Gasteiger partial charge on any atom is 0.266 e. The number of nitrogens with zero attached hydrogens (tertiary/aromatic N) is 3. The fourth-order valence-corrected chi connectivity index (χ4v) is 4.57. The lowest BCUT2D eigenvalue weighted by atomic mass is 9.84. The topological polar surface area (TPSA) is 55.2 Å². The molecule has 0 saturated carbocycles.